The van der Waals surface area contributed by atoms with Gasteiger partial charge in [0.2, 0.25) is 0 Å². The maximum absolute atomic E-state index is 13.6. The van der Waals surface area contributed by atoms with E-state index in [2.05, 4.69) is 0 Å². The first-order valence-electron chi connectivity index (χ1n) is 6.26. The van der Waals surface area contributed by atoms with E-state index in [4.69, 9.17) is 5.73 Å². The van der Waals surface area contributed by atoms with Gasteiger partial charge in [-0.25, -0.2) is 8.78 Å². The van der Waals surface area contributed by atoms with E-state index in [1.54, 1.807) is 6.92 Å². The number of halogens is 5. The van der Waals surface area contributed by atoms with Crippen LogP contribution in [0.3, 0.4) is 0 Å². The predicted molar refractivity (Wildman–Crippen MR) is 67.6 cm³/mol. The molecule has 1 rings (SSSR count). The highest BCUT2D eigenvalue weighted by Gasteiger charge is 2.34. The van der Waals surface area contributed by atoms with E-state index >= 15 is 0 Å². The second-order valence-corrected chi connectivity index (χ2v) is 4.55. The number of benzene rings is 1. The molecule has 1 aromatic rings. The Hall–Kier alpha value is -1.86. The summed E-state index contributed by atoms with van der Waals surface area (Å²) in [5.74, 6) is -3.47. The molecule has 0 spiro atoms. The van der Waals surface area contributed by atoms with Crippen molar-refractivity contribution in [2.45, 2.75) is 25.9 Å². The zero-order valence-electron chi connectivity index (χ0n) is 11.3. The van der Waals surface area contributed by atoms with Crippen molar-refractivity contribution in [1.82, 2.24) is 4.90 Å². The minimum atomic E-state index is -4.61. The summed E-state index contributed by atoms with van der Waals surface area (Å²) in [6, 6.07) is 1.09. The van der Waals surface area contributed by atoms with Crippen LogP contribution in [0.4, 0.5) is 27.6 Å². The molecule has 0 atom stereocenters. The van der Waals surface area contributed by atoms with Crippen LogP contribution in [0.15, 0.2) is 12.1 Å². The molecule has 1 aromatic carbocycles. The van der Waals surface area contributed by atoms with Crippen LogP contribution >= 0.6 is 0 Å². The van der Waals surface area contributed by atoms with Gasteiger partial charge in [-0.1, -0.05) is 13.3 Å². The molecule has 0 unspecified atom stereocenters. The molecule has 0 saturated heterocycles. The molecule has 0 bridgehead atoms. The lowest BCUT2D eigenvalue weighted by Gasteiger charge is -2.24. The Balaban J connectivity index is 3.07. The molecular formula is C13H15F5N2O. The van der Waals surface area contributed by atoms with Crippen molar-refractivity contribution in [3.63, 3.8) is 0 Å². The van der Waals surface area contributed by atoms with Gasteiger partial charge in [-0.15, -0.1) is 0 Å². The van der Waals surface area contributed by atoms with Gasteiger partial charge in [0.05, 0.1) is 11.3 Å². The Morgan fingerprint density at radius 1 is 1.24 bits per heavy atom. The largest absolute Gasteiger partial charge is 0.406 e. The molecule has 0 radical (unpaired) electrons. The van der Waals surface area contributed by atoms with Crippen LogP contribution in [0, 0.1) is 11.6 Å². The number of carbonyl (C=O) groups is 1. The number of carbonyl (C=O) groups excluding carboxylic acids is 1. The number of alkyl halides is 3. The van der Waals surface area contributed by atoms with Crippen molar-refractivity contribution in [1.29, 1.82) is 0 Å². The minimum Gasteiger partial charge on any atom is -0.396 e. The van der Waals surface area contributed by atoms with E-state index in [1.165, 1.54) is 0 Å². The van der Waals surface area contributed by atoms with Gasteiger partial charge in [-0.2, -0.15) is 13.2 Å². The topological polar surface area (TPSA) is 46.3 Å². The fraction of sp³-hybridized carbons (Fsp3) is 0.462. The van der Waals surface area contributed by atoms with Crippen molar-refractivity contribution < 1.29 is 26.7 Å². The van der Waals surface area contributed by atoms with E-state index in [-0.39, 0.29) is 6.54 Å². The van der Waals surface area contributed by atoms with Crippen LogP contribution in [0.25, 0.3) is 0 Å². The van der Waals surface area contributed by atoms with Crippen LogP contribution in [0.1, 0.15) is 30.1 Å². The summed E-state index contributed by atoms with van der Waals surface area (Å²) in [5, 5.41) is 0. The second-order valence-electron chi connectivity index (χ2n) is 4.55. The van der Waals surface area contributed by atoms with Gasteiger partial charge in [0.1, 0.15) is 18.2 Å². The summed E-state index contributed by atoms with van der Waals surface area (Å²) in [6.45, 7) is 0.0703. The van der Waals surface area contributed by atoms with Crippen LogP contribution in [-0.2, 0) is 0 Å². The first-order valence-corrected chi connectivity index (χ1v) is 6.26. The third kappa shape index (κ3) is 4.87. The normalized spacial score (nSPS) is 11.5. The molecule has 8 heteroatoms. The number of nitrogens with zero attached hydrogens (tertiary/aromatic N) is 1. The summed E-state index contributed by atoms with van der Waals surface area (Å²) >= 11 is 0. The van der Waals surface area contributed by atoms with Gasteiger partial charge in [0.25, 0.3) is 5.91 Å². The van der Waals surface area contributed by atoms with Crippen molar-refractivity contribution in [2.75, 3.05) is 18.8 Å². The average molecular weight is 310 g/mol. The lowest BCUT2D eigenvalue weighted by Crippen LogP contribution is -2.40. The lowest BCUT2D eigenvalue weighted by atomic mass is 10.1. The summed E-state index contributed by atoms with van der Waals surface area (Å²) in [5.41, 5.74) is 4.05. The molecule has 0 fully saturated rings. The molecule has 21 heavy (non-hydrogen) atoms. The van der Waals surface area contributed by atoms with Gasteiger partial charge >= 0.3 is 6.18 Å². The Bertz CT molecular complexity index is 516. The molecule has 0 aliphatic carbocycles. The maximum atomic E-state index is 13.6. The van der Waals surface area contributed by atoms with Crippen LogP contribution in [0.5, 0.6) is 0 Å². The molecule has 118 valence electrons. The van der Waals surface area contributed by atoms with Crippen molar-refractivity contribution in [3.05, 3.63) is 29.3 Å². The van der Waals surface area contributed by atoms with Gasteiger partial charge in [0.15, 0.2) is 0 Å². The average Bonchev–Trinajstić information content (AvgIpc) is 2.36. The van der Waals surface area contributed by atoms with E-state index in [0.29, 0.717) is 29.9 Å². The summed E-state index contributed by atoms with van der Waals surface area (Å²) in [4.78, 5) is 12.5. The van der Waals surface area contributed by atoms with E-state index in [9.17, 15) is 26.7 Å². The summed E-state index contributed by atoms with van der Waals surface area (Å²) in [6.07, 6.45) is -3.71. The third-order valence-electron chi connectivity index (χ3n) is 2.76. The number of anilines is 1. The number of nitrogen functional groups attached to an aromatic ring is 1. The SMILES string of the molecule is CCCCN(CC(F)(F)F)C(=O)c1cc(N)c(F)cc1F. The third-order valence-corrected chi connectivity index (χ3v) is 2.76. The molecule has 0 aliphatic heterocycles. The highest BCUT2D eigenvalue weighted by molar-refractivity contribution is 5.95. The Morgan fingerprint density at radius 2 is 1.86 bits per heavy atom. The zero-order valence-corrected chi connectivity index (χ0v) is 11.3. The number of hydrogen-bond donors (Lipinski definition) is 1. The molecule has 0 aromatic heterocycles. The number of unbranched alkanes of at least 4 members (excludes halogenated alkanes) is 1. The molecule has 0 heterocycles. The van der Waals surface area contributed by atoms with E-state index < -0.39 is 41.5 Å². The number of amides is 1. The summed E-state index contributed by atoms with van der Waals surface area (Å²) in [7, 11) is 0. The molecule has 0 aliphatic rings. The van der Waals surface area contributed by atoms with Crippen molar-refractivity contribution in [2.24, 2.45) is 0 Å². The second kappa shape index (κ2) is 6.73. The van der Waals surface area contributed by atoms with Gasteiger partial charge < -0.3 is 10.6 Å². The zero-order chi connectivity index (χ0) is 16.2. The lowest BCUT2D eigenvalue weighted by molar-refractivity contribution is -0.140. The Kier molecular flexibility index (Phi) is 5.51. The minimum absolute atomic E-state index is 0.175. The Labute approximate surface area is 118 Å². The molecule has 1 amide bonds. The maximum Gasteiger partial charge on any atom is 0.406 e. The van der Waals surface area contributed by atoms with Crippen LogP contribution in [0.2, 0.25) is 0 Å². The van der Waals surface area contributed by atoms with Crippen LogP contribution in [-0.4, -0.2) is 30.1 Å². The van der Waals surface area contributed by atoms with Gasteiger partial charge in [0, 0.05) is 12.6 Å². The quantitative estimate of drug-likeness (QED) is 0.669. The van der Waals surface area contributed by atoms with E-state index in [1.807, 2.05) is 0 Å². The fourth-order valence-electron chi connectivity index (χ4n) is 1.72. The first-order chi connectivity index (χ1) is 9.65. The number of rotatable bonds is 5. The number of nitrogens with two attached hydrogens (primary N) is 1. The molecule has 3 nitrogen and oxygen atoms in total. The molecule has 2 N–H and O–H groups in total. The number of hydrogen-bond acceptors (Lipinski definition) is 2. The van der Waals surface area contributed by atoms with Crippen molar-refractivity contribution >= 4 is 11.6 Å². The standard InChI is InChI=1S/C13H15F5N2O/c1-2-3-4-20(7-13(16,17)18)12(21)8-5-11(19)10(15)6-9(8)14/h5-6H,2-4,7,19H2,1H3. The van der Waals surface area contributed by atoms with E-state index in [0.717, 1.165) is 0 Å². The predicted octanol–water partition coefficient (Wildman–Crippen LogP) is 3.35. The van der Waals surface area contributed by atoms with Crippen molar-refractivity contribution in [3.8, 4) is 0 Å². The first kappa shape index (κ1) is 17.2. The highest BCUT2D eigenvalue weighted by Crippen LogP contribution is 2.22. The molecular weight excluding hydrogens is 295 g/mol. The Morgan fingerprint density at radius 3 is 2.38 bits per heavy atom. The monoisotopic (exact) mass is 310 g/mol. The molecule has 0 saturated carbocycles. The van der Waals surface area contributed by atoms with Gasteiger partial charge in [-0.3, -0.25) is 4.79 Å². The highest BCUT2D eigenvalue weighted by atomic mass is 19.4. The van der Waals surface area contributed by atoms with Gasteiger partial charge in [-0.05, 0) is 12.5 Å². The smallest absolute Gasteiger partial charge is 0.396 e. The van der Waals surface area contributed by atoms with Crippen LogP contribution < -0.4 is 5.73 Å². The summed E-state index contributed by atoms with van der Waals surface area (Å²) < 4.78 is 64.0. The fourth-order valence-corrected chi connectivity index (χ4v) is 1.72.